The van der Waals surface area contributed by atoms with Crippen LogP contribution in [0.2, 0.25) is 0 Å². The summed E-state index contributed by atoms with van der Waals surface area (Å²) in [6, 6.07) is 6.32. The van der Waals surface area contributed by atoms with Crippen molar-refractivity contribution >= 4 is 5.97 Å². The van der Waals surface area contributed by atoms with Crippen LogP contribution in [-0.4, -0.2) is 12.6 Å². The van der Waals surface area contributed by atoms with E-state index in [1.165, 1.54) is 22.3 Å². The van der Waals surface area contributed by atoms with E-state index in [2.05, 4.69) is 32.0 Å². The summed E-state index contributed by atoms with van der Waals surface area (Å²) in [7, 11) is 0. The number of aryl methyl sites for hydroxylation is 2. The quantitative estimate of drug-likeness (QED) is 0.730. The van der Waals surface area contributed by atoms with Gasteiger partial charge in [-0.3, -0.25) is 0 Å². The molecule has 0 amide bonds. The molecule has 0 atom stereocenters. The molecule has 2 rings (SSSR count). The van der Waals surface area contributed by atoms with E-state index in [0.29, 0.717) is 6.61 Å². The minimum absolute atomic E-state index is 0.155. The summed E-state index contributed by atoms with van der Waals surface area (Å²) in [5, 5.41) is 0. The van der Waals surface area contributed by atoms with Gasteiger partial charge in [-0.05, 0) is 43.9 Å². The molecule has 0 spiro atoms. The van der Waals surface area contributed by atoms with Crippen LogP contribution in [0.4, 0.5) is 0 Å². The van der Waals surface area contributed by atoms with Crippen molar-refractivity contribution < 1.29 is 9.53 Å². The first kappa shape index (κ1) is 11.9. The normalized spacial score (nSPS) is 16.1. The summed E-state index contributed by atoms with van der Waals surface area (Å²) in [5.41, 5.74) is 5.95. The molecule has 1 aromatic carbocycles. The predicted molar refractivity (Wildman–Crippen MR) is 67.9 cm³/mol. The SMILES string of the molecule is CC1=C(Cc2c(C)cccc2C)CCOC1=O. The molecule has 17 heavy (non-hydrogen) atoms. The second-order valence-electron chi connectivity index (χ2n) is 4.66. The second kappa shape index (κ2) is 4.74. The number of carbonyl (C=O) groups excluding carboxylic acids is 1. The van der Waals surface area contributed by atoms with E-state index < -0.39 is 0 Å². The van der Waals surface area contributed by atoms with Crippen LogP contribution >= 0.6 is 0 Å². The van der Waals surface area contributed by atoms with Gasteiger partial charge in [-0.1, -0.05) is 23.8 Å². The monoisotopic (exact) mass is 230 g/mol. The molecule has 0 aromatic heterocycles. The Bertz CT molecular complexity index is 463. The van der Waals surface area contributed by atoms with Crippen LogP contribution in [0, 0.1) is 13.8 Å². The molecular formula is C15H18O2. The minimum Gasteiger partial charge on any atom is -0.462 e. The molecule has 1 aliphatic heterocycles. The van der Waals surface area contributed by atoms with Crippen molar-refractivity contribution in [3.8, 4) is 0 Å². The van der Waals surface area contributed by atoms with Gasteiger partial charge in [-0.25, -0.2) is 4.79 Å². The van der Waals surface area contributed by atoms with Gasteiger partial charge in [0.2, 0.25) is 0 Å². The Kier molecular flexibility index (Phi) is 3.32. The third-order valence-corrected chi connectivity index (χ3v) is 3.51. The van der Waals surface area contributed by atoms with Crippen LogP contribution < -0.4 is 0 Å². The van der Waals surface area contributed by atoms with Gasteiger partial charge >= 0.3 is 5.97 Å². The fourth-order valence-corrected chi connectivity index (χ4v) is 2.27. The lowest BCUT2D eigenvalue weighted by atomic mass is 9.92. The highest BCUT2D eigenvalue weighted by molar-refractivity contribution is 5.89. The highest BCUT2D eigenvalue weighted by atomic mass is 16.5. The van der Waals surface area contributed by atoms with Crippen molar-refractivity contribution in [1.82, 2.24) is 0 Å². The molecule has 0 fully saturated rings. The first-order valence-electron chi connectivity index (χ1n) is 6.00. The molecule has 2 nitrogen and oxygen atoms in total. The summed E-state index contributed by atoms with van der Waals surface area (Å²) < 4.78 is 5.02. The molecule has 0 N–H and O–H groups in total. The maximum absolute atomic E-state index is 11.5. The summed E-state index contributed by atoms with van der Waals surface area (Å²) in [4.78, 5) is 11.5. The van der Waals surface area contributed by atoms with Crippen LogP contribution in [0.5, 0.6) is 0 Å². The van der Waals surface area contributed by atoms with Gasteiger partial charge in [-0.2, -0.15) is 0 Å². The van der Waals surface area contributed by atoms with Crippen LogP contribution in [0.15, 0.2) is 29.3 Å². The molecule has 0 saturated carbocycles. The fourth-order valence-electron chi connectivity index (χ4n) is 2.27. The van der Waals surface area contributed by atoms with E-state index in [1.807, 2.05) is 6.92 Å². The number of hydrogen-bond acceptors (Lipinski definition) is 2. The van der Waals surface area contributed by atoms with Crippen molar-refractivity contribution in [3.63, 3.8) is 0 Å². The number of ether oxygens (including phenoxy) is 1. The molecular weight excluding hydrogens is 212 g/mol. The van der Waals surface area contributed by atoms with Gasteiger partial charge in [0.05, 0.1) is 6.61 Å². The first-order chi connectivity index (χ1) is 8.09. The van der Waals surface area contributed by atoms with Gasteiger partial charge in [0, 0.05) is 12.0 Å². The van der Waals surface area contributed by atoms with Crippen LogP contribution in [0.25, 0.3) is 0 Å². The maximum atomic E-state index is 11.5. The number of cyclic esters (lactones) is 1. The Labute approximate surface area is 102 Å². The molecule has 1 aliphatic rings. The van der Waals surface area contributed by atoms with Gasteiger partial charge < -0.3 is 4.74 Å². The van der Waals surface area contributed by atoms with E-state index in [4.69, 9.17) is 4.74 Å². The van der Waals surface area contributed by atoms with Crippen molar-refractivity contribution in [3.05, 3.63) is 46.0 Å². The van der Waals surface area contributed by atoms with Gasteiger partial charge in [0.25, 0.3) is 0 Å². The van der Waals surface area contributed by atoms with E-state index in [0.717, 1.165) is 18.4 Å². The average Bonchev–Trinajstić information content (AvgIpc) is 2.29. The topological polar surface area (TPSA) is 26.3 Å². The Balaban J connectivity index is 2.33. The number of esters is 1. The van der Waals surface area contributed by atoms with E-state index >= 15 is 0 Å². The zero-order valence-corrected chi connectivity index (χ0v) is 10.7. The van der Waals surface area contributed by atoms with E-state index in [9.17, 15) is 4.79 Å². The van der Waals surface area contributed by atoms with E-state index in [1.54, 1.807) is 0 Å². The smallest absolute Gasteiger partial charge is 0.333 e. The minimum atomic E-state index is -0.155. The number of hydrogen-bond donors (Lipinski definition) is 0. The second-order valence-corrected chi connectivity index (χ2v) is 4.66. The van der Waals surface area contributed by atoms with Gasteiger partial charge in [0.15, 0.2) is 0 Å². The lowest BCUT2D eigenvalue weighted by molar-refractivity contribution is -0.140. The molecule has 1 aromatic rings. The third kappa shape index (κ3) is 2.41. The zero-order chi connectivity index (χ0) is 12.4. The molecule has 90 valence electrons. The molecule has 2 heteroatoms. The average molecular weight is 230 g/mol. The third-order valence-electron chi connectivity index (χ3n) is 3.51. The largest absolute Gasteiger partial charge is 0.462 e. The summed E-state index contributed by atoms with van der Waals surface area (Å²) >= 11 is 0. The standard InChI is InChI=1S/C15H18O2/c1-10-5-4-6-11(2)14(10)9-13-7-8-17-15(16)12(13)3/h4-6H,7-9H2,1-3H3. The number of carbonyl (C=O) groups is 1. The number of rotatable bonds is 2. The maximum Gasteiger partial charge on any atom is 0.333 e. The van der Waals surface area contributed by atoms with Crippen LogP contribution in [0.3, 0.4) is 0 Å². The lowest BCUT2D eigenvalue weighted by Crippen LogP contribution is -2.17. The molecule has 0 aliphatic carbocycles. The van der Waals surface area contributed by atoms with Crippen LogP contribution in [-0.2, 0) is 16.0 Å². The summed E-state index contributed by atoms with van der Waals surface area (Å²) in [6.07, 6.45) is 1.74. The Morgan fingerprint density at radius 1 is 1.18 bits per heavy atom. The molecule has 0 saturated heterocycles. The molecule has 0 radical (unpaired) electrons. The van der Waals surface area contributed by atoms with Gasteiger partial charge in [-0.15, -0.1) is 0 Å². The Hall–Kier alpha value is -1.57. The molecule has 0 unspecified atom stereocenters. The Morgan fingerprint density at radius 3 is 2.47 bits per heavy atom. The van der Waals surface area contributed by atoms with Crippen molar-refractivity contribution in [2.45, 2.75) is 33.6 Å². The van der Waals surface area contributed by atoms with Crippen molar-refractivity contribution in [2.24, 2.45) is 0 Å². The van der Waals surface area contributed by atoms with Crippen molar-refractivity contribution in [2.75, 3.05) is 6.61 Å². The summed E-state index contributed by atoms with van der Waals surface area (Å²) in [5.74, 6) is -0.155. The Morgan fingerprint density at radius 2 is 1.82 bits per heavy atom. The van der Waals surface area contributed by atoms with Crippen LogP contribution in [0.1, 0.15) is 30.0 Å². The predicted octanol–water partition coefficient (Wildman–Crippen LogP) is 3.11. The summed E-state index contributed by atoms with van der Waals surface area (Å²) in [6.45, 7) is 6.64. The van der Waals surface area contributed by atoms with E-state index in [-0.39, 0.29) is 5.97 Å². The lowest BCUT2D eigenvalue weighted by Gasteiger charge is -2.19. The highest BCUT2D eigenvalue weighted by Gasteiger charge is 2.18. The zero-order valence-electron chi connectivity index (χ0n) is 10.7. The molecule has 1 heterocycles. The fraction of sp³-hybridized carbons (Fsp3) is 0.400. The first-order valence-corrected chi connectivity index (χ1v) is 6.00. The highest BCUT2D eigenvalue weighted by Crippen LogP contribution is 2.24. The van der Waals surface area contributed by atoms with Gasteiger partial charge in [0.1, 0.15) is 0 Å². The van der Waals surface area contributed by atoms with Crippen molar-refractivity contribution in [1.29, 1.82) is 0 Å². The number of benzene rings is 1. The molecule has 0 bridgehead atoms.